The van der Waals surface area contributed by atoms with E-state index in [0.29, 0.717) is 5.41 Å². The number of carbonyl (C=O) groups is 1. The maximum atomic E-state index is 12.2. The zero-order valence-corrected chi connectivity index (χ0v) is 16.8. The molecule has 150 valence electrons. The molecule has 2 fully saturated rings. The highest BCUT2D eigenvalue weighted by atomic mass is 16.2. The summed E-state index contributed by atoms with van der Waals surface area (Å²) in [4.78, 5) is 18.7. The van der Waals surface area contributed by atoms with Crippen LogP contribution in [0.2, 0.25) is 0 Å². The van der Waals surface area contributed by atoms with E-state index in [1.807, 2.05) is 0 Å². The molecule has 0 spiro atoms. The van der Waals surface area contributed by atoms with Crippen LogP contribution in [0.15, 0.2) is 36.9 Å². The molecule has 1 aromatic carbocycles. The van der Waals surface area contributed by atoms with Crippen LogP contribution in [0.4, 0.5) is 0 Å². The fourth-order valence-electron chi connectivity index (χ4n) is 4.90. The molecular weight excluding hydrogens is 350 g/mol. The fraction of sp³-hybridized carbons (Fsp3) is 0.591. The molecule has 2 aromatic rings. The summed E-state index contributed by atoms with van der Waals surface area (Å²) >= 11 is 0. The van der Waals surface area contributed by atoms with Crippen molar-refractivity contribution in [2.45, 2.75) is 63.5 Å². The van der Waals surface area contributed by atoms with Crippen molar-refractivity contribution in [1.82, 2.24) is 25.0 Å². The molecule has 1 amide bonds. The first-order valence-corrected chi connectivity index (χ1v) is 10.5. The number of aromatic nitrogens is 3. The number of likely N-dealkylation sites (tertiary alicyclic amines) is 1. The number of rotatable bonds is 6. The Balaban J connectivity index is 1.30. The molecule has 1 N–H and O–H groups in total. The smallest absolute Gasteiger partial charge is 0.242 e. The van der Waals surface area contributed by atoms with E-state index < -0.39 is 0 Å². The van der Waals surface area contributed by atoms with Gasteiger partial charge >= 0.3 is 0 Å². The molecule has 4 rings (SSSR count). The molecule has 6 heteroatoms. The maximum Gasteiger partial charge on any atom is 0.242 e. The van der Waals surface area contributed by atoms with Crippen molar-refractivity contribution >= 4 is 5.91 Å². The largest absolute Gasteiger partial charge is 0.352 e. The van der Waals surface area contributed by atoms with E-state index >= 15 is 0 Å². The lowest BCUT2D eigenvalue weighted by Gasteiger charge is -2.39. The van der Waals surface area contributed by atoms with Gasteiger partial charge in [0.15, 0.2) is 0 Å². The number of nitrogens with one attached hydrogen (secondary N) is 1. The molecule has 0 unspecified atom stereocenters. The molecule has 0 atom stereocenters. The van der Waals surface area contributed by atoms with Gasteiger partial charge in [-0.2, -0.15) is 5.10 Å². The average Bonchev–Trinajstić information content (AvgIpc) is 3.37. The highest BCUT2D eigenvalue weighted by Gasteiger charge is 2.38. The van der Waals surface area contributed by atoms with Crippen molar-refractivity contribution in [3.63, 3.8) is 0 Å². The molecule has 1 aliphatic carbocycles. The van der Waals surface area contributed by atoms with Crippen molar-refractivity contribution in [2.75, 3.05) is 19.6 Å². The van der Waals surface area contributed by atoms with Gasteiger partial charge in [0.1, 0.15) is 19.2 Å². The molecule has 1 saturated heterocycles. The fourth-order valence-corrected chi connectivity index (χ4v) is 4.90. The number of aryl methyl sites for hydroxylation is 1. The standard InChI is InChI=1S/C22H31N5O/c1-18-4-6-19(7-5-18)22(10-2-3-11-22)15-26-12-8-20(9-13-26)25-21(28)14-27-17-23-16-24-27/h4-7,16-17,20H,2-3,8-15H2,1H3,(H,25,28). The summed E-state index contributed by atoms with van der Waals surface area (Å²) in [6.07, 6.45) is 10.3. The lowest BCUT2D eigenvalue weighted by molar-refractivity contribution is -0.122. The topological polar surface area (TPSA) is 63.1 Å². The van der Waals surface area contributed by atoms with Crippen LogP contribution < -0.4 is 5.32 Å². The van der Waals surface area contributed by atoms with Crippen molar-refractivity contribution in [2.24, 2.45) is 0 Å². The van der Waals surface area contributed by atoms with Gasteiger partial charge in [-0.05, 0) is 38.2 Å². The van der Waals surface area contributed by atoms with E-state index in [1.54, 1.807) is 11.0 Å². The summed E-state index contributed by atoms with van der Waals surface area (Å²) in [6, 6.07) is 9.47. The van der Waals surface area contributed by atoms with Crippen molar-refractivity contribution in [1.29, 1.82) is 0 Å². The molecule has 1 saturated carbocycles. The normalized spacial score (nSPS) is 20.3. The molecule has 2 heterocycles. The molecule has 0 radical (unpaired) electrons. The van der Waals surface area contributed by atoms with Crippen LogP contribution >= 0.6 is 0 Å². The lowest BCUT2D eigenvalue weighted by Crippen LogP contribution is -2.48. The molecule has 1 aliphatic heterocycles. The second-order valence-corrected chi connectivity index (χ2v) is 8.56. The number of benzene rings is 1. The Hall–Kier alpha value is -2.21. The second-order valence-electron chi connectivity index (χ2n) is 8.56. The van der Waals surface area contributed by atoms with E-state index in [-0.39, 0.29) is 18.5 Å². The summed E-state index contributed by atoms with van der Waals surface area (Å²) in [7, 11) is 0. The molecule has 28 heavy (non-hydrogen) atoms. The molecular formula is C22H31N5O. The highest BCUT2D eigenvalue weighted by molar-refractivity contribution is 5.75. The Bertz CT molecular complexity index is 757. The zero-order valence-electron chi connectivity index (χ0n) is 16.8. The third-order valence-corrected chi connectivity index (χ3v) is 6.48. The molecule has 6 nitrogen and oxygen atoms in total. The summed E-state index contributed by atoms with van der Waals surface area (Å²) in [5.74, 6) is 0.0240. The molecule has 1 aromatic heterocycles. The third-order valence-electron chi connectivity index (χ3n) is 6.48. The summed E-state index contributed by atoms with van der Waals surface area (Å²) in [5, 5.41) is 7.16. The predicted octanol–water partition coefficient (Wildman–Crippen LogP) is 2.68. The van der Waals surface area contributed by atoms with Crippen LogP contribution in [0.3, 0.4) is 0 Å². The first kappa shape index (κ1) is 19.1. The van der Waals surface area contributed by atoms with Crippen molar-refractivity contribution in [3.05, 3.63) is 48.0 Å². The lowest BCUT2D eigenvalue weighted by atomic mass is 9.77. The minimum absolute atomic E-state index is 0.0240. The number of hydrogen-bond donors (Lipinski definition) is 1. The van der Waals surface area contributed by atoms with Gasteiger partial charge in [0.2, 0.25) is 5.91 Å². The van der Waals surface area contributed by atoms with E-state index in [9.17, 15) is 4.79 Å². The van der Waals surface area contributed by atoms with E-state index in [1.165, 1.54) is 43.1 Å². The monoisotopic (exact) mass is 381 g/mol. The molecule has 2 aliphatic rings. The van der Waals surface area contributed by atoms with E-state index in [0.717, 1.165) is 32.5 Å². The van der Waals surface area contributed by atoms with Gasteiger partial charge in [-0.3, -0.25) is 4.79 Å². The van der Waals surface area contributed by atoms with Gasteiger partial charge in [0, 0.05) is 31.1 Å². The van der Waals surface area contributed by atoms with E-state index in [4.69, 9.17) is 0 Å². The number of piperidine rings is 1. The SMILES string of the molecule is Cc1ccc(C2(CN3CCC(NC(=O)Cn4cncn4)CC3)CCCC2)cc1. The number of nitrogens with zero attached hydrogens (tertiary/aromatic N) is 4. The van der Waals surface area contributed by atoms with Gasteiger partial charge < -0.3 is 10.2 Å². The van der Waals surface area contributed by atoms with E-state index in [2.05, 4.69) is 51.5 Å². The first-order chi connectivity index (χ1) is 13.6. The number of carbonyl (C=O) groups excluding carboxylic acids is 1. The summed E-state index contributed by atoms with van der Waals surface area (Å²) in [6.45, 7) is 5.67. The second kappa shape index (κ2) is 8.43. The average molecular weight is 382 g/mol. The van der Waals surface area contributed by atoms with Gasteiger partial charge in [-0.1, -0.05) is 42.7 Å². The van der Waals surface area contributed by atoms with Crippen LogP contribution in [0, 0.1) is 6.92 Å². The Morgan fingerprint density at radius 2 is 1.89 bits per heavy atom. The Labute approximate surface area is 167 Å². The van der Waals surface area contributed by atoms with Gasteiger partial charge in [0.05, 0.1) is 0 Å². The Morgan fingerprint density at radius 3 is 2.54 bits per heavy atom. The summed E-state index contributed by atoms with van der Waals surface area (Å²) < 4.78 is 1.57. The quantitative estimate of drug-likeness (QED) is 0.836. The van der Waals surface area contributed by atoms with Crippen LogP contribution in [0.1, 0.15) is 49.7 Å². The van der Waals surface area contributed by atoms with Crippen molar-refractivity contribution in [3.8, 4) is 0 Å². The van der Waals surface area contributed by atoms with Gasteiger partial charge in [-0.25, -0.2) is 9.67 Å². The minimum Gasteiger partial charge on any atom is -0.352 e. The molecule has 0 bridgehead atoms. The van der Waals surface area contributed by atoms with Crippen molar-refractivity contribution < 1.29 is 4.79 Å². The van der Waals surface area contributed by atoms with Crippen LogP contribution in [0.25, 0.3) is 0 Å². The Kier molecular flexibility index (Phi) is 5.76. The summed E-state index contributed by atoms with van der Waals surface area (Å²) in [5.41, 5.74) is 3.16. The Morgan fingerprint density at radius 1 is 1.18 bits per heavy atom. The number of hydrogen-bond acceptors (Lipinski definition) is 4. The zero-order chi connectivity index (χ0) is 19.4. The maximum absolute atomic E-state index is 12.2. The van der Waals surface area contributed by atoms with Crippen LogP contribution in [-0.4, -0.2) is 51.2 Å². The predicted molar refractivity (Wildman–Crippen MR) is 109 cm³/mol. The van der Waals surface area contributed by atoms with Crippen LogP contribution in [0.5, 0.6) is 0 Å². The van der Waals surface area contributed by atoms with Gasteiger partial charge in [0.25, 0.3) is 0 Å². The third kappa shape index (κ3) is 4.43. The van der Waals surface area contributed by atoms with Crippen LogP contribution in [-0.2, 0) is 16.8 Å². The number of amides is 1. The first-order valence-electron chi connectivity index (χ1n) is 10.5. The minimum atomic E-state index is 0.0240. The van der Waals surface area contributed by atoms with Gasteiger partial charge in [-0.15, -0.1) is 0 Å². The highest BCUT2D eigenvalue weighted by Crippen LogP contribution is 2.42.